The van der Waals surface area contributed by atoms with Gasteiger partial charge in [0.05, 0.1) is 0 Å². The fourth-order valence-electron chi connectivity index (χ4n) is 1.28. The monoisotopic (exact) mass is 362 g/mol. The maximum absolute atomic E-state index is 13.4. The number of halogens is 10. The summed E-state index contributed by atoms with van der Waals surface area (Å²) in [6, 6.07) is -0.379. The number of hydrogen-bond donors (Lipinski definition) is 0. The van der Waals surface area contributed by atoms with Crippen molar-refractivity contribution >= 4 is 11.6 Å². The standard InChI is InChI=1S/C10H4ClF9O2/c1-3-6(11)4(21)2-5(22-3)7(12,13)8(14,15)9(16,17)10(18,19)20/h2H,1H3. The van der Waals surface area contributed by atoms with Gasteiger partial charge >= 0.3 is 23.9 Å². The van der Waals surface area contributed by atoms with Gasteiger partial charge in [-0.2, -0.15) is 39.5 Å². The number of aryl methyl sites for hydroxylation is 1. The molecule has 0 aliphatic heterocycles. The number of rotatable bonds is 3. The molecule has 0 amide bonds. The largest absolute Gasteiger partial charge is 0.460 e. The average Bonchev–Trinajstić information content (AvgIpc) is 2.33. The lowest BCUT2D eigenvalue weighted by atomic mass is 10.0. The van der Waals surface area contributed by atoms with Crippen molar-refractivity contribution in [2.45, 2.75) is 30.9 Å². The van der Waals surface area contributed by atoms with E-state index in [0.29, 0.717) is 0 Å². The first-order chi connectivity index (χ1) is 9.57. The van der Waals surface area contributed by atoms with Crippen LogP contribution >= 0.6 is 11.6 Å². The minimum atomic E-state index is -7.07. The van der Waals surface area contributed by atoms with Crippen LogP contribution in [0.1, 0.15) is 11.5 Å². The highest BCUT2D eigenvalue weighted by atomic mass is 35.5. The number of hydrogen-bond acceptors (Lipinski definition) is 2. The molecule has 0 aliphatic rings. The maximum atomic E-state index is 13.4. The van der Waals surface area contributed by atoms with E-state index < -0.39 is 45.9 Å². The van der Waals surface area contributed by atoms with E-state index in [0.717, 1.165) is 6.92 Å². The SMILES string of the molecule is Cc1oc(C(F)(F)C(F)(F)C(F)(F)C(F)(F)F)cc(=O)c1Cl. The lowest BCUT2D eigenvalue weighted by molar-refractivity contribution is -0.401. The van der Waals surface area contributed by atoms with Gasteiger partial charge in [0.25, 0.3) is 0 Å². The fraction of sp³-hybridized carbons (Fsp3) is 0.500. The lowest BCUT2D eigenvalue weighted by Gasteiger charge is -2.32. The molecule has 1 heterocycles. The van der Waals surface area contributed by atoms with Gasteiger partial charge < -0.3 is 4.42 Å². The van der Waals surface area contributed by atoms with Gasteiger partial charge in [0, 0.05) is 6.07 Å². The molecule has 0 saturated carbocycles. The third-order valence-electron chi connectivity index (χ3n) is 2.50. The number of alkyl halides is 9. The van der Waals surface area contributed by atoms with E-state index in [1.807, 2.05) is 0 Å². The van der Waals surface area contributed by atoms with Crippen LogP contribution in [0.5, 0.6) is 0 Å². The molecule has 0 aromatic carbocycles. The predicted molar refractivity (Wildman–Crippen MR) is 54.6 cm³/mol. The maximum Gasteiger partial charge on any atom is 0.460 e. The zero-order chi connectivity index (χ0) is 17.7. The Morgan fingerprint density at radius 2 is 1.41 bits per heavy atom. The third kappa shape index (κ3) is 2.55. The van der Waals surface area contributed by atoms with E-state index in [9.17, 15) is 44.3 Å². The first-order valence-corrected chi connectivity index (χ1v) is 5.46. The molecule has 1 rings (SSSR count). The molecule has 1 aromatic rings. The van der Waals surface area contributed by atoms with Crippen LogP contribution in [0.25, 0.3) is 0 Å². The summed E-state index contributed by atoms with van der Waals surface area (Å²) in [4.78, 5) is 11.1. The molecule has 0 bridgehead atoms. The Morgan fingerprint density at radius 3 is 1.77 bits per heavy atom. The van der Waals surface area contributed by atoms with E-state index in [1.54, 1.807) is 0 Å². The van der Waals surface area contributed by atoms with E-state index in [4.69, 9.17) is 11.6 Å². The van der Waals surface area contributed by atoms with Crippen LogP contribution in [0, 0.1) is 6.92 Å². The van der Waals surface area contributed by atoms with E-state index in [-0.39, 0.29) is 6.07 Å². The highest BCUT2D eigenvalue weighted by Crippen LogP contribution is 2.56. The Balaban J connectivity index is 3.55. The second kappa shape index (κ2) is 5.07. The summed E-state index contributed by atoms with van der Waals surface area (Å²) in [6.45, 7) is 0.753. The molecule has 22 heavy (non-hydrogen) atoms. The molecule has 0 fully saturated rings. The van der Waals surface area contributed by atoms with Crippen molar-refractivity contribution in [3.8, 4) is 0 Å². The van der Waals surface area contributed by atoms with E-state index >= 15 is 0 Å². The molecular formula is C10H4ClF9O2. The smallest absolute Gasteiger partial charge is 0.458 e. The van der Waals surface area contributed by atoms with Crippen molar-refractivity contribution < 1.29 is 43.9 Å². The summed E-state index contributed by atoms with van der Waals surface area (Å²) in [5.41, 5.74) is -1.51. The van der Waals surface area contributed by atoms with Crippen LogP contribution in [0.4, 0.5) is 39.5 Å². The van der Waals surface area contributed by atoms with Crippen LogP contribution in [-0.4, -0.2) is 18.0 Å². The van der Waals surface area contributed by atoms with Gasteiger partial charge in [-0.25, -0.2) is 0 Å². The Bertz CT molecular complexity index is 632. The Kier molecular flexibility index (Phi) is 4.30. The van der Waals surface area contributed by atoms with Gasteiger partial charge in [-0.3, -0.25) is 4.79 Å². The van der Waals surface area contributed by atoms with Crippen LogP contribution in [0.2, 0.25) is 5.02 Å². The summed E-state index contributed by atoms with van der Waals surface area (Å²) < 4.78 is 118. The molecule has 12 heteroatoms. The van der Waals surface area contributed by atoms with E-state index in [1.165, 1.54) is 0 Å². The molecule has 0 N–H and O–H groups in total. The zero-order valence-corrected chi connectivity index (χ0v) is 10.9. The second-order valence-corrected chi connectivity index (χ2v) is 4.44. The highest BCUT2D eigenvalue weighted by Gasteiger charge is 2.82. The minimum Gasteiger partial charge on any atom is -0.458 e. The zero-order valence-electron chi connectivity index (χ0n) is 10.2. The van der Waals surface area contributed by atoms with E-state index in [2.05, 4.69) is 4.42 Å². The molecular weight excluding hydrogens is 359 g/mol. The second-order valence-electron chi connectivity index (χ2n) is 4.07. The van der Waals surface area contributed by atoms with Crippen molar-refractivity contribution in [3.05, 3.63) is 32.8 Å². The molecule has 0 saturated heterocycles. The van der Waals surface area contributed by atoms with Crippen LogP contribution in [-0.2, 0) is 5.92 Å². The molecule has 126 valence electrons. The summed E-state index contributed by atoms with van der Waals surface area (Å²) in [6.07, 6.45) is -6.96. The molecule has 2 nitrogen and oxygen atoms in total. The van der Waals surface area contributed by atoms with Gasteiger partial charge in [0.2, 0.25) is 5.43 Å². The fourth-order valence-corrected chi connectivity index (χ4v) is 1.37. The molecule has 0 spiro atoms. The van der Waals surface area contributed by atoms with Gasteiger partial charge in [-0.05, 0) is 6.92 Å². The Morgan fingerprint density at radius 1 is 0.955 bits per heavy atom. The molecule has 1 aromatic heterocycles. The first kappa shape index (κ1) is 18.7. The van der Waals surface area contributed by atoms with Gasteiger partial charge in [0.15, 0.2) is 5.76 Å². The average molecular weight is 363 g/mol. The first-order valence-electron chi connectivity index (χ1n) is 5.08. The summed E-state index contributed by atoms with van der Waals surface area (Å²) in [7, 11) is 0. The summed E-state index contributed by atoms with van der Waals surface area (Å²) >= 11 is 5.21. The van der Waals surface area contributed by atoms with Gasteiger partial charge in [-0.15, -0.1) is 0 Å². The van der Waals surface area contributed by atoms with Crippen molar-refractivity contribution in [1.82, 2.24) is 0 Å². The Hall–Kier alpha value is -1.39. The van der Waals surface area contributed by atoms with Crippen molar-refractivity contribution in [2.75, 3.05) is 0 Å². The normalized spacial score (nSPS) is 14.3. The van der Waals surface area contributed by atoms with Crippen molar-refractivity contribution in [3.63, 3.8) is 0 Å². The predicted octanol–water partition coefficient (Wildman–Crippen LogP) is 4.53. The summed E-state index contributed by atoms with van der Waals surface area (Å²) in [5.74, 6) is -23.3. The molecule has 0 aliphatic carbocycles. The molecule has 0 radical (unpaired) electrons. The van der Waals surface area contributed by atoms with Crippen LogP contribution in [0.15, 0.2) is 15.3 Å². The third-order valence-corrected chi connectivity index (χ3v) is 2.96. The van der Waals surface area contributed by atoms with Crippen LogP contribution in [0.3, 0.4) is 0 Å². The van der Waals surface area contributed by atoms with Crippen molar-refractivity contribution in [2.24, 2.45) is 0 Å². The van der Waals surface area contributed by atoms with Crippen LogP contribution < -0.4 is 5.43 Å². The molecule has 0 atom stereocenters. The highest BCUT2D eigenvalue weighted by molar-refractivity contribution is 6.30. The van der Waals surface area contributed by atoms with Gasteiger partial charge in [-0.1, -0.05) is 11.6 Å². The Labute approximate surface area is 120 Å². The van der Waals surface area contributed by atoms with Crippen molar-refractivity contribution in [1.29, 1.82) is 0 Å². The van der Waals surface area contributed by atoms with Gasteiger partial charge in [0.1, 0.15) is 10.8 Å². The minimum absolute atomic E-state index is 0.379. The lowest BCUT2D eigenvalue weighted by Crippen LogP contribution is -2.59. The summed E-state index contributed by atoms with van der Waals surface area (Å²) in [5, 5.41) is -0.814. The quantitative estimate of drug-likeness (QED) is 0.740. The topological polar surface area (TPSA) is 30.2 Å². The molecule has 0 unspecified atom stereocenters.